The monoisotopic (exact) mass is 308 g/mol. The smallest absolute Gasteiger partial charge is 0.166 e. The fourth-order valence-electron chi connectivity index (χ4n) is 2.57. The van der Waals surface area contributed by atoms with E-state index in [1.54, 1.807) is 23.3 Å². The molecule has 1 aliphatic carbocycles. The molecule has 1 heterocycles. The van der Waals surface area contributed by atoms with Crippen LogP contribution < -0.4 is 9.46 Å². The van der Waals surface area contributed by atoms with E-state index in [1.807, 2.05) is 19.1 Å². The van der Waals surface area contributed by atoms with Crippen LogP contribution >= 0.6 is 23.3 Å². The Kier molecular flexibility index (Phi) is 4.81. The Labute approximate surface area is 128 Å². The molecule has 0 unspecified atom stereocenters. The number of aromatic nitrogens is 1. The maximum Gasteiger partial charge on any atom is 0.166 e. The highest BCUT2D eigenvalue weighted by molar-refractivity contribution is 7.99. The maximum atomic E-state index is 5.67. The minimum atomic E-state index is 0.645. The number of thiazole rings is 1. The van der Waals surface area contributed by atoms with Gasteiger partial charge in [0.15, 0.2) is 4.34 Å². The fourth-order valence-corrected chi connectivity index (χ4v) is 4.54. The number of fused-ring (bicyclic) bond motifs is 1. The van der Waals surface area contributed by atoms with Crippen LogP contribution in [0.1, 0.15) is 39.0 Å². The van der Waals surface area contributed by atoms with E-state index in [1.165, 1.54) is 32.1 Å². The number of hydrogen-bond acceptors (Lipinski definition) is 5. The van der Waals surface area contributed by atoms with Crippen molar-refractivity contribution in [3.63, 3.8) is 0 Å². The van der Waals surface area contributed by atoms with Crippen molar-refractivity contribution in [2.45, 2.75) is 49.4 Å². The number of hydrogen-bond donors (Lipinski definition) is 1. The molecule has 1 N–H and O–H groups in total. The molecule has 2 aromatic rings. The molecule has 108 valence electrons. The van der Waals surface area contributed by atoms with Gasteiger partial charge in [-0.3, -0.25) is 4.72 Å². The van der Waals surface area contributed by atoms with Crippen LogP contribution in [0.15, 0.2) is 22.5 Å². The van der Waals surface area contributed by atoms with E-state index in [-0.39, 0.29) is 0 Å². The van der Waals surface area contributed by atoms with Crippen molar-refractivity contribution in [3.8, 4) is 5.75 Å². The molecular formula is C15H20N2OS2. The van der Waals surface area contributed by atoms with Gasteiger partial charge in [0, 0.05) is 6.04 Å². The molecule has 0 saturated heterocycles. The number of nitrogens with zero attached hydrogens (tertiary/aromatic N) is 1. The van der Waals surface area contributed by atoms with Gasteiger partial charge in [-0.2, -0.15) is 0 Å². The molecule has 0 aliphatic heterocycles. The highest BCUT2D eigenvalue weighted by Gasteiger charge is 2.15. The quantitative estimate of drug-likeness (QED) is 0.817. The molecule has 20 heavy (non-hydrogen) atoms. The molecule has 1 fully saturated rings. The zero-order valence-electron chi connectivity index (χ0n) is 11.7. The fraction of sp³-hybridized carbons (Fsp3) is 0.533. The van der Waals surface area contributed by atoms with E-state index in [2.05, 4.69) is 15.8 Å². The standard InChI is InChI=1S/C15H20N2OS2/c1-2-18-13-10-6-9-12-14(13)19-15(16-12)20-17-11-7-4-3-5-8-11/h6,9-11,17H,2-5,7-8H2,1H3. The minimum absolute atomic E-state index is 0.645. The SMILES string of the molecule is CCOc1cccc2nc(SNC3CCCCC3)sc12. The van der Waals surface area contributed by atoms with E-state index >= 15 is 0 Å². The summed E-state index contributed by atoms with van der Waals surface area (Å²) in [5.41, 5.74) is 1.04. The molecule has 1 aromatic heterocycles. The Bertz CT molecular complexity index is 564. The molecule has 0 amide bonds. The minimum Gasteiger partial charge on any atom is -0.492 e. The summed E-state index contributed by atoms with van der Waals surface area (Å²) in [4.78, 5) is 4.68. The lowest BCUT2D eigenvalue weighted by atomic mass is 9.96. The third-order valence-corrected chi connectivity index (χ3v) is 5.67. The lowest BCUT2D eigenvalue weighted by Gasteiger charge is -2.21. The van der Waals surface area contributed by atoms with Crippen LogP contribution in [0.3, 0.4) is 0 Å². The van der Waals surface area contributed by atoms with Gasteiger partial charge in [0.05, 0.1) is 16.8 Å². The van der Waals surface area contributed by atoms with Crippen LogP contribution in [0.25, 0.3) is 10.2 Å². The summed E-state index contributed by atoms with van der Waals surface area (Å²) in [5.74, 6) is 0.951. The molecule has 3 rings (SSSR count). The first-order chi connectivity index (χ1) is 9.86. The second-order valence-corrected chi connectivity index (χ2v) is 7.16. The third kappa shape index (κ3) is 3.27. The first-order valence-electron chi connectivity index (χ1n) is 7.31. The van der Waals surface area contributed by atoms with Crippen molar-refractivity contribution >= 4 is 33.5 Å². The zero-order valence-corrected chi connectivity index (χ0v) is 13.4. The van der Waals surface area contributed by atoms with Crippen LogP contribution in [-0.2, 0) is 0 Å². The van der Waals surface area contributed by atoms with Crippen molar-refractivity contribution in [2.75, 3.05) is 6.61 Å². The molecule has 5 heteroatoms. The average molecular weight is 308 g/mol. The number of nitrogens with one attached hydrogen (secondary N) is 1. The largest absolute Gasteiger partial charge is 0.492 e. The molecule has 1 aliphatic rings. The Morgan fingerprint density at radius 1 is 1.35 bits per heavy atom. The van der Waals surface area contributed by atoms with E-state index in [0.717, 1.165) is 20.3 Å². The summed E-state index contributed by atoms with van der Waals surface area (Å²) in [7, 11) is 0. The van der Waals surface area contributed by atoms with Crippen molar-refractivity contribution < 1.29 is 4.74 Å². The first kappa shape index (κ1) is 14.2. The summed E-state index contributed by atoms with van der Waals surface area (Å²) in [6.45, 7) is 2.71. The normalized spacial score (nSPS) is 16.6. The van der Waals surface area contributed by atoms with Crippen molar-refractivity contribution in [1.82, 2.24) is 9.71 Å². The van der Waals surface area contributed by atoms with E-state index in [9.17, 15) is 0 Å². The topological polar surface area (TPSA) is 34.1 Å². The maximum absolute atomic E-state index is 5.67. The van der Waals surface area contributed by atoms with Gasteiger partial charge < -0.3 is 4.74 Å². The first-order valence-corrected chi connectivity index (χ1v) is 8.95. The van der Waals surface area contributed by atoms with Gasteiger partial charge in [-0.1, -0.05) is 25.3 Å². The highest BCUT2D eigenvalue weighted by atomic mass is 32.2. The van der Waals surface area contributed by atoms with Gasteiger partial charge >= 0.3 is 0 Å². The van der Waals surface area contributed by atoms with Crippen LogP contribution in [0.5, 0.6) is 5.75 Å². The van der Waals surface area contributed by atoms with Crippen molar-refractivity contribution in [3.05, 3.63) is 18.2 Å². The van der Waals surface area contributed by atoms with E-state index in [4.69, 9.17) is 4.74 Å². The number of ether oxygens (including phenoxy) is 1. The second kappa shape index (κ2) is 6.78. The number of benzene rings is 1. The second-order valence-electron chi connectivity index (χ2n) is 5.07. The Morgan fingerprint density at radius 2 is 2.20 bits per heavy atom. The van der Waals surface area contributed by atoms with Gasteiger partial charge in [-0.05, 0) is 43.8 Å². The molecule has 1 aromatic carbocycles. The number of rotatable bonds is 5. The Balaban J connectivity index is 1.70. The molecule has 0 atom stereocenters. The molecule has 1 saturated carbocycles. The van der Waals surface area contributed by atoms with Crippen LogP contribution in [0.2, 0.25) is 0 Å². The predicted molar refractivity (Wildman–Crippen MR) is 86.7 cm³/mol. The van der Waals surface area contributed by atoms with Crippen molar-refractivity contribution in [2.24, 2.45) is 0 Å². The summed E-state index contributed by atoms with van der Waals surface area (Å²) >= 11 is 3.40. The zero-order chi connectivity index (χ0) is 13.8. The average Bonchev–Trinajstić information content (AvgIpc) is 2.91. The van der Waals surface area contributed by atoms with Gasteiger partial charge in [-0.15, -0.1) is 11.3 Å². The molecule has 0 spiro atoms. The lowest BCUT2D eigenvalue weighted by Crippen LogP contribution is -2.25. The highest BCUT2D eigenvalue weighted by Crippen LogP contribution is 2.35. The Morgan fingerprint density at radius 3 is 3.00 bits per heavy atom. The van der Waals surface area contributed by atoms with Gasteiger partial charge in [0.25, 0.3) is 0 Å². The van der Waals surface area contributed by atoms with Crippen molar-refractivity contribution in [1.29, 1.82) is 0 Å². The summed E-state index contributed by atoms with van der Waals surface area (Å²) < 4.78 is 11.5. The third-order valence-electron chi connectivity index (χ3n) is 3.58. The van der Waals surface area contributed by atoms with Gasteiger partial charge in [0.2, 0.25) is 0 Å². The molecule has 3 nitrogen and oxygen atoms in total. The van der Waals surface area contributed by atoms with E-state index < -0.39 is 0 Å². The van der Waals surface area contributed by atoms with Crippen LogP contribution in [0.4, 0.5) is 0 Å². The predicted octanol–water partition coefficient (Wildman–Crippen LogP) is 4.62. The van der Waals surface area contributed by atoms with Crippen LogP contribution in [0, 0.1) is 0 Å². The van der Waals surface area contributed by atoms with Crippen LogP contribution in [-0.4, -0.2) is 17.6 Å². The lowest BCUT2D eigenvalue weighted by molar-refractivity contribution is 0.345. The summed E-state index contributed by atoms with van der Waals surface area (Å²) in [6.07, 6.45) is 6.69. The summed E-state index contributed by atoms with van der Waals surface area (Å²) in [5, 5.41) is 0. The Hall–Kier alpha value is -0.780. The molecule has 0 radical (unpaired) electrons. The van der Waals surface area contributed by atoms with Gasteiger partial charge in [0.1, 0.15) is 5.75 Å². The van der Waals surface area contributed by atoms with Gasteiger partial charge in [-0.25, -0.2) is 4.98 Å². The molecular weight excluding hydrogens is 288 g/mol. The molecule has 0 bridgehead atoms. The summed E-state index contributed by atoms with van der Waals surface area (Å²) in [6, 6.07) is 6.73. The van der Waals surface area contributed by atoms with E-state index in [0.29, 0.717) is 12.6 Å².